The number of hydrogen-bond acceptors (Lipinski definition) is 3. The Kier molecular flexibility index (Phi) is 5.13. The fourth-order valence-electron chi connectivity index (χ4n) is 2.20. The number of rotatable bonds is 6. The second-order valence-electron chi connectivity index (χ2n) is 5.42. The number of benzene rings is 1. The zero-order chi connectivity index (χ0) is 14.4. The fourth-order valence-corrected chi connectivity index (χ4v) is 2.20. The van der Waals surface area contributed by atoms with Crippen molar-refractivity contribution in [3.05, 3.63) is 59.9 Å². The second-order valence-corrected chi connectivity index (χ2v) is 5.42. The Hall–Kier alpha value is -1.87. The Morgan fingerprint density at radius 3 is 2.45 bits per heavy atom. The van der Waals surface area contributed by atoms with Gasteiger partial charge in [-0.2, -0.15) is 0 Å². The zero-order valence-electron chi connectivity index (χ0n) is 12.3. The van der Waals surface area contributed by atoms with Gasteiger partial charge in [0.1, 0.15) is 0 Å². The average Bonchev–Trinajstić information content (AvgIpc) is 2.46. The van der Waals surface area contributed by atoms with Gasteiger partial charge in [0.15, 0.2) is 0 Å². The number of nitrogens with two attached hydrogens (primary N) is 1. The number of hydrogen-bond donors (Lipinski definition) is 1. The van der Waals surface area contributed by atoms with E-state index in [2.05, 4.69) is 41.9 Å². The summed E-state index contributed by atoms with van der Waals surface area (Å²) in [5.74, 6) is 0. The SMILES string of the molecule is CC(C)N(CCc1cccnc1)Cc1ccc(N)cc1. The molecule has 0 atom stereocenters. The molecular formula is C17H23N3. The maximum atomic E-state index is 5.73. The molecule has 0 fully saturated rings. The van der Waals surface area contributed by atoms with E-state index in [9.17, 15) is 0 Å². The van der Waals surface area contributed by atoms with Crippen molar-refractivity contribution < 1.29 is 0 Å². The summed E-state index contributed by atoms with van der Waals surface area (Å²) < 4.78 is 0. The lowest BCUT2D eigenvalue weighted by Gasteiger charge is -2.26. The molecule has 0 spiro atoms. The number of aromatic nitrogens is 1. The quantitative estimate of drug-likeness (QED) is 0.819. The van der Waals surface area contributed by atoms with E-state index in [0.717, 1.165) is 25.2 Å². The largest absolute Gasteiger partial charge is 0.399 e. The minimum absolute atomic E-state index is 0.518. The van der Waals surface area contributed by atoms with Crippen LogP contribution < -0.4 is 5.73 Å². The molecule has 106 valence electrons. The van der Waals surface area contributed by atoms with Crippen molar-refractivity contribution in [2.75, 3.05) is 12.3 Å². The molecule has 20 heavy (non-hydrogen) atoms. The number of nitrogens with zero attached hydrogens (tertiary/aromatic N) is 2. The first-order valence-electron chi connectivity index (χ1n) is 7.12. The summed E-state index contributed by atoms with van der Waals surface area (Å²) in [5.41, 5.74) is 9.14. The molecule has 1 heterocycles. The Morgan fingerprint density at radius 2 is 1.85 bits per heavy atom. The maximum absolute atomic E-state index is 5.73. The van der Waals surface area contributed by atoms with Gasteiger partial charge in [-0.1, -0.05) is 18.2 Å². The van der Waals surface area contributed by atoms with Gasteiger partial charge >= 0.3 is 0 Å². The van der Waals surface area contributed by atoms with E-state index in [1.54, 1.807) is 0 Å². The molecule has 2 rings (SSSR count). The van der Waals surface area contributed by atoms with E-state index in [1.807, 2.05) is 30.6 Å². The van der Waals surface area contributed by atoms with Crippen molar-refractivity contribution in [1.82, 2.24) is 9.88 Å². The van der Waals surface area contributed by atoms with Gasteiger partial charge in [0.05, 0.1) is 0 Å². The Morgan fingerprint density at radius 1 is 1.10 bits per heavy atom. The van der Waals surface area contributed by atoms with Crippen LogP contribution in [0.5, 0.6) is 0 Å². The number of nitrogen functional groups attached to an aromatic ring is 1. The van der Waals surface area contributed by atoms with E-state index in [0.29, 0.717) is 6.04 Å². The summed E-state index contributed by atoms with van der Waals surface area (Å²) in [7, 11) is 0. The molecule has 3 nitrogen and oxygen atoms in total. The van der Waals surface area contributed by atoms with Gasteiger partial charge in [-0.25, -0.2) is 0 Å². The van der Waals surface area contributed by atoms with Crippen LogP contribution in [0.15, 0.2) is 48.8 Å². The van der Waals surface area contributed by atoms with Crippen LogP contribution in [-0.4, -0.2) is 22.5 Å². The average molecular weight is 269 g/mol. The molecule has 0 aliphatic carbocycles. The van der Waals surface area contributed by atoms with Gasteiger partial charge in [-0.3, -0.25) is 9.88 Å². The lowest BCUT2D eigenvalue weighted by Crippen LogP contribution is -2.32. The summed E-state index contributed by atoms with van der Waals surface area (Å²) in [6.45, 7) is 6.47. The smallest absolute Gasteiger partial charge is 0.0314 e. The molecule has 1 aromatic carbocycles. The van der Waals surface area contributed by atoms with Crippen molar-refractivity contribution in [2.24, 2.45) is 0 Å². The van der Waals surface area contributed by atoms with E-state index >= 15 is 0 Å². The van der Waals surface area contributed by atoms with E-state index in [4.69, 9.17) is 5.73 Å². The minimum Gasteiger partial charge on any atom is -0.399 e. The van der Waals surface area contributed by atoms with Crippen molar-refractivity contribution in [3.63, 3.8) is 0 Å². The van der Waals surface area contributed by atoms with E-state index < -0.39 is 0 Å². The normalized spacial score (nSPS) is 11.2. The van der Waals surface area contributed by atoms with Crippen LogP contribution in [0.25, 0.3) is 0 Å². The molecule has 2 aromatic rings. The first-order valence-corrected chi connectivity index (χ1v) is 7.12. The minimum atomic E-state index is 0.518. The molecule has 0 aliphatic rings. The highest BCUT2D eigenvalue weighted by molar-refractivity contribution is 5.39. The molecule has 0 aliphatic heterocycles. The van der Waals surface area contributed by atoms with Gasteiger partial charge in [0.2, 0.25) is 0 Å². The number of anilines is 1. The number of pyridine rings is 1. The summed E-state index contributed by atoms with van der Waals surface area (Å²) in [4.78, 5) is 6.64. The molecule has 0 bridgehead atoms. The van der Waals surface area contributed by atoms with Gasteiger partial charge < -0.3 is 5.73 Å². The summed E-state index contributed by atoms with van der Waals surface area (Å²) in [6, 6.07) is 12.8. The molecular weight excluding hydrogens is 246 g/mol. The first kappa shape index (κ1) is 14.5. The van der Waals surface area contributed by atoms with Crippen molar-refractivity contribution in [3.8, 4) is 0 Å². The van der Waals surface area contributed by atoms with Crippen LogP contribution in [0, 0.1) is 0 Å². The van der Waals surface area contributed by atoms with Crippen LogP contribution in [-0.2, 0) is 13.0 Å². The van der Waals surface area contributed by atoms with Crippen molar-refractivity contribution in [1.29, 1.82) is 0 Å². The predicted octanol–water partition coefficient (Wildman–Crippen LogP) is 3.12. The third kappa shape index (κ3) is 4.35. The molecule has 0 saturated carbocycles. The van der Waals surface area contributed by atoms with E-state index in [-0.39, 0.29) is 0 Å². The van der Waals surface area contributed by atoms with Crippen LogP contribution in [0.2, 0.25) is 0 Å². The molecule has 0 unspecified atom stereocenters. The Bertz CT molecular complexity index is 506. The monoisotopic (exact) mass is 269 g/mol. The van der Waals surface area contributed by atoms with Crippen molar-refractivity contribution in [2.45, 2.75) is 32.9 Å². The molecule has 3 heteroatoms. The lowest BCUT2D eigenvalue weighted by molar-refractivity contribution is 0.215. The third-order valence-electron chi connectivity index (χ3n) is 3.51. The van der Waals surface area contributed by atoms with E-state index in [1.165, 1.54) is 11.1 Å². The van der Waals surface area contributed by atoms with Crippen LogP contribution in [0.4, 0.5) is 5.69 Å². The molecule has 0 amide bonds. The van der Waals surface area contributed by atoms with Crippen molar-refractivity contribution >= 4 is 5.69 Å². The third-order valence-corrected chi connectivity index (χ3v) is 3.51. The topological polar surface area (TPSA) is 42.2 Å². The highest BCUT2D eigenvalue weighted by atomic mass is 15.1. The summed E-state index contributed by atoms with van der Waals surface area (Å²) in [5, 5.41) is 0. The zero-order valence-corrected chi connectivity index (χ0v) is 12.3. The first-order chi connectivity index (χ1) is 9.65. The second kappa shape index (κ2) is 7.06. The highest BCUT2D eigenvalue weighted by Gasteiger charge is 2.10. The molecule has 0 saturated heterocycles. The Balaban J connectivity index is 1.95. The molecule has 0 radical (unpaired) electrons. The standard InChI is InChI=1S/C17H23N3/c1-14(2)20(11-9-15-4-3-10-19-12-15)13-16-5-7-17(18)8-6-16/h3-8,10,12,14H,9,11,13,18H2,1-2H3. The Labute approximate surface area is 121 Å². The van der Waals surface area contributed by atoms with Gasteiger partial charge in [-0.05, 0) is 49.6 Å². The van der Waals surface area contributed by atoms with Crippen LogP contribution in [0.3, 0.4) is 0 Å². The summed E-state index contributed by atoms with van der Waals surface area (Å²) >= 11 is 0. The lowest BCUT2D eigenvalue weighted by atomic mass is 10.1. The van der Waals surface area contributed by atoms with Crippen LogP contribution >= 0.6 is 0 Å². The highest BCUT2D eigenvalue weighted by Crippen LogP contribution is 2.12. The molecule has 2 N–H and O–H groups in total. The molecule has 1 aromatic heterocycles. The summed E-state index contributed by atoms with van der Waals surface area (Å²) in [6.07, 6.45) is 4.79. The fraction of sp³-hybridized carbons (Fsp3) is 0.353. The van der Waals surface area contributed by atoms with Gasteiger partial charge in [0.25, 0.3) is 0 Å². The maximum Gasteiger partial charge on any atom is 0.0314 e. The van der Waals surface area contributed by atoms with Gasteiger partial charge in [-0.15, -0.1) is 0 Å². The van der Waals surface area contributed by atoms with Gasteiger partial charge in [0, 0.05) is 37.2 Å². The van der Waals surface area contributed by atoms with Crippen LogP contribution in [0.1, 0.15) is 25.0 Å². The predicted molar refractivity (Wildman–Crippen MR) is 84.3 cm³/mol.